The summed E-state index contributed by atoms with van der Waals surface area (Å²) in [4.78, 5) is 28.1. The first-order chi connectivity index (χ1) is 10.0. The minimum atomic E-state index is -1.52. The second kappa shape index (κ2) is 6.68. The predicted molar refractivity (Wildman–Crippen MR) is 80.6 cm³/mol. The van der Waals surface area contributed by atoms with Gasteiger partial charge in [-0.2, -0.15) is 5.26 Å². The lowest BCUT2D eigenvalue weighted by Crippen LogP contribution is -2.28. The van der Waals surface area contributed by atoms with E-state index in [9.17, 15) is 9.59 Å². The van der Waals surface area contributed by atoms with Gasteiger partial charge in [-0.25, -0.2) is 4.98 Å². The molecule has 21 heavy (non-hydrogen) atoms. The number of thiophene rings is 1. The van der Waals surface area contributed by atoms with Crippen molar-refractivity contribution in [1.82, 2.24) is 4.98 Å². The fraction of sp³-hybridized carbons (Fsp3) is 0.0769. The number of carbonyl (C=O) groups is 2. The summed E-state index contributed by atoms with van der Waals surface area (Å²) in [5.41, 5.74) is 0.0642. The molecule has 0 aliphatic heterocycles. The van der Waals surface area contributed by atoms with Gasteiger partial charge < -0.3 is 5.32 Å². The van der Waals surface area contributed by atoms with E-state index in [-0.39, 0.29) is 15.7 Å². The van der Waals surface area contributed by atoms with Gasteiger partial charge in [0, 0.05) is 6.20 Å². The molecule has 2 heterocycles. The van der Waals surface area contributed by atoms with Crippen LogP contribution in [0.1, 0.15) is 10.4 Å². The van der Waals surface area contributed by atoms with Gasteiger partial charge in [0.15, 0.2) is 11.7 Å². The van der Waals surface area contributed by atoms with Gasteiger partial charge in [0.05, 0.1) is 16.0 Å². The van der Waals surface area contributed by atoms with Crippen molar-refractivity contribution in [3.05, 3.63) is 44.7 Å². The smallest absolute Gasteiger partial charge is 0.250 e. The highest BCUT2D eigenvalue weighted by Crippen LogP contribution is 2.32. The van der Waals surface area contributed by atoms with E-state index in [0.29, 0.717) is 4.34 Å². The summed E-state index contributed by atoms with van der Waals surface area (Å²) in [5, 5.41) is 11.5. The van der Waals surface area contributed by atoms with E-state index >= 15 is 0 Å². The molecule has 0 saturated heterocycles. The van der Waals surface area contributed by atoms with Crippen molar-refractivity contribution in [2.24, 2.45) is 5.92 Å². The molecule has 1 amide bonds. The molecule has 8 heteroatoms. The molecule has 5 nitrogen and oxygen atoms in total. The molecule has 2 rings (SSSR count). The Labute approximate surface area is 134 Å². The van der Waals surface area contributed by atoms with Crippen molar-refractivity contribution in [2.75, 3.05) is 5.32 Å². The molecular formula is C13H7Cl2N3O2S. The quantitative estimate of drug-likeness (QED) is 0.683. The average molecular weight is 340 g/mol. The molecule has 0 aliphatic rings. The lowest BCUT2D eigenvalue weighted by molar-refractivity contribution is -0.117. The number of rotatable bonds is 4. The molecule has 0 aliphatic carbocycles. The maximum Gasteiger partial charge on any atom is 0.250 e. The van der Waals surface area contributed by atoms with Crippen LogP contribution in [0.15, 0.2) is 30.5 Å². The number of ketones is 1. The Morgan fingerprint density at radius 2 is 2.14 bits per heavy atom. The van der Waals surface area contributed by atoms with E-state index in [4.69, 9.17) is 28.5 Å². The molecule has 1 atom stereocenters. The fourth-order valence-electron chi connectivity index (χ4n) is 1.54. The van der Waals surface area contributed by atoms with Crippen LogP contribution in [0.2, 0.25) is 8.67 Å². The number of pyridine rings is 1. The summed E-state index contributed by atoms with van der Waals surface area (Å²) in [6.45, 7) is 0. The summed E-state index contributed by atoms with van der Waals surface area (Å²) >= 11 is 12.6. The molecule has 0 spiro atoms. The summed E-state index contributed by atoms with van der Waals surface area (Å²) in [7, 11) is 0. The van der Waals surface area contributed by atoms with Gasteiger partial charge in [-0.15, -0.1) is 11.3 Å². The lowest BCUT2D eigenvalue weighted by Gasteiger charge is -2.08. The molecule has 2 aromatic rings. The zero-order chi connectivity index (χ0) is 15.4. The van der Waals surface area contributed by atoms with Crippen molar-refractivity contribution in [1.29, 1.82) is 5.26 Å². The zero-order valence-electron chi connectivity index (χ0n) is 10.3. The number of hydrogen-bond acceptors (Lipinski definition) is 5. The zero-order valence-corrected chi connectivity index (χ0v) is 12.7. The minimum absolute atomic E-state index is 0.0642. The molecule has 0 fully saturated rings. The minimum Gasteiger partial charge on any atom is -0.309 e. The molecule has 0 saturated carbocycles. The number of hydrogen-bond donors (Lipinski definition) is 1. The van der Waals surface area contributed by atoms with Crippen LogP contribution in [0.5, 0.6) is 0 Å². The summed E-state index contributed by atoms with van der Waals surface area (Å²) in [6.07, 6.45) is 1.48. The van der Waals surface area contributed by atoms with Crippen molar-refractivity contribution < 1.29 is 9.59 Å². The number of Topliss-reactive ketones (excluding diaryl/α,β-unsaturated/α-hetero) is 1. The van der Waals surface area contributed by atoms with E-state index in [0.717, 1.165) is 11.3 Å². The van der Waals surface area contributed by atoms with Crippen molar-refractivity contribution in [2.45, 2.75) is 0 Å². The Bertz CT molecular complexity index is 725. The van der Waals surface area contributed by atoms with E-state index < -0.39 is 17.6 Å². The summed E-state index contributed by atoms with van der Waals surface area (Å²) in [6, 6.07) is 7.90. The number of nitrogens with zero attached hydrogens (tertiary/aromatic N) is 2. The average Bonchev–Trinajstić information content (AvgIpc) is 2.79. The molecule has 1 N–H and O–H groups in total. The van der Waals surface area contributed by atoms with Crippen LogP contribution < -0.4 is 5.32 Å². The van der Waals surface area contributed by atoms with Crippen LogP contribution in [0.25, 0.3) is 0 Å². The first-order valence-corrected chi connectivity index (χ1v) is 7.20. The Kier molecular flexibility index (Phi) is 4.91. The van der Waals surface area contributed by atoms with Crippen LogP contribution in [-0.4, -0.2) is 16.7 Å². The summed E-state index contributed by atoms with van der Waals surface area (Å²) < 4.78 is 0.459. The van der Waals surface area contributed by atoms with Crippen molar-refractivity contribution in [3.63, 3.8) is 0 Å². The van der Waals surface area contributed by atoms with Crippen molar-refractivity contribution in [3.8, 4) is 6.07 Å². The standard InChI is InChI=1S/C13H7Cl2N3O2S/c14-9-5-7(12(15)21-9)11(19)8(6-16)13(20)18-10-3-1-2-4-17-10/h1-5,8H,(H,17,18,20)/t8-/m1/s1. The number of nitrogens with one attached hydrogen (secondary N) is 1. The number of aromatic nitrogens is 1. The monoisotopic (exact) mass is 339 g/mol. The molecule has 0 unspecified atom stereocenters. The van der Waals surface area contributed by atoms with Gasteiger partial charge in [0.25, 0.3) is 5.91 Å². The second-order valence-corrected chi connectivity index (χ2v) is 6.15. The highest BCUT2D eigenvalue weighted by atomic mass is 35.5. The van der Waals surface area contributed by atoms with Gasteiger partial charge >= 0.3 is 0 Å². The Hall–Kier alpha value is -1.94. The molecule has 0 bridgehead atoms. The van der Waals surface area contributed by atoms with Crippen molar-refractivity contribution >= 4 is 52.0 Å². The van der Waals surface area contributed by atoms with E-state index in [1.54, 1.807) is 24.3 Å². The lowest BCUT2D eigenvalue weighted by atomic mass is 10.0. The number of halogens is 2. The Morgan fingerprint density at radius 3 is 2.67 bits per heavy atom. The SMILES string of the molecule is N#C[C@@H](C(=O)Nc1ccccn1)C(=O)c1cc(Cl)sc1Cl. The predicted octanol–water partition coefficient (Wildman–Crippen LogP) is 3.41. The van der Waals surface area contributed by atoms with Gasteiger partial charge in [-0.1, -0.05) is 29.3 Å². The Morgan fingerprint density at radius 1 is 1.38 bits per heavy atom. The highest BCUT2D eigenvalue weighted by molar-refractivity contribution is 7.20. The first-order valence-electron chi connectivity index (χ1n) is 5.63. The van der Waals surface area contributed by atoms with Crippen LogP contribution in [0.3, 0.4) is 0 Å². The van der Waals surface area contributed by atoms with Gasteiger partial charge in [0.2, 0.25) is 0 Å². The number of nitriles is 1. The van der Waals surface area contributed by atoms with Gasteiger partial charge in [0.1, 0.15) is 10.2 Å². The van der Waals surface area contributed by atoms with Crippen LogP contribution in [0, 0.1) is 17.2 Å². The van der Waals surface area contributed by atoms with E-state index in [1.165, 1.54) is 12.3 Å². The van der Waals surface area contributed by atoms with E-state index in [1.807, 2.05) is 0 Å². The largest absolute Gasteiger partial charge is 0.309 e. The molecule has 106 valence electrons. The normalized spacial score (nSPS) is 11.5. The Balaban J connectivity index is 2.20. The van der Waals surface area contributed by atoms with Crippen LogP contribution >= 0.6 is 34.5 Å². The van der Waals surface area contributed by atoms with Gasteiger partial charge in [-0.05, 0) is 18.2 Å². The molecule has 0 aromatic carbocycles. The molecule has 2 aromatic heterocycles. The third-order valence-corrected chi connectivity index (χ3v) is 3.98. The number of anilines is 1. The second-order valence-electron chi connectivity index (χ2n) is 3.87. The van der Waals surface area contributed by atoms with Crippen LogP contribution in [-0.2, 0) is 4.79 Å². The maximum atomic E-state index is 12.2. The third-order valence-electron chi connectivity index (χ3n) is 2.49. The van der Waals surface area contributed by atoms with Crippen LogP contribution in [0.4, 0.5) is 5.82 Å². The number of amides is 1. The molecular weight excluding hydrogens is 333 g/mol. The molecule has 0 radical (unpaired) electrons. The fourth-order valence-corrected chi connectivity index (χ4v) is 3.01. The third kappa shape index (κ3) is 3.58. The van der Waals surface area contributed by atoms with Gasteiger partial charge in [-0.3, -0.25) is 9.59 Å². The summed E-state index contributed by atoms with van der Waals surface area (Å²) in [5.74, 6) is -2.72. The highest BCUT2D eigenvalue weighted by Gasteiger charge is 2.30. The van der Waals surface area contributed by atoms with E-state index in [2.05, 4.69) is 10.3 Å². The first kappa shape index (κ1) is 15.4. The maximum absolute atomic E-state index is 12.2. The number of carbonyl (C=O) groups excluding carboxylic acids is 2. The topological polar surface area (TPSA) is 82.8 Å².